The van der Waals surface area contributed by atoms with E-state index >= 15 is 0 Å². The molecule has 0 atom stereocenters. The zero-order chi connectivity index (χ0) is 17.3. The van der Waals surface area contributed by atoms with Crippen molar-refractivity contribution in [3.05, 3.63) is 40.4 Å². The van der Waals surface area contributed by atoms with E-state index in [1.165, 1.54) is 30.8 Å². The number of likely N-dealkylation sites (tertiary alicyclic amines) is 1. The number of hydrogen-bond donors (Lipinski definition) is 0. The molecular weight excluding hydrogens is 324 g/mol. The summed E-state index contributed by atoms with van der Waals surface area (Å²) < 4.78 is 5.83. The van der Waals surface area contributed by atoms with Gasteiger partial charge in [0.2, 0.25) is 0 Å². The molecule has 0 N–H and O–H groups in total. The van der Waals surface area contributed by atoms with E-state index in [1.807, 2.05) is 6.07 Å². The van der Waals surface area contributed by atoms with Crippen molar-refractivity contribution in [2.45, 2.75) is 19.3 Å². The van der Waals surface area contributed by atoms with Gasteiger partial charge in [-0.05, 0) is 51.2 Å². The summed E-state index contributed by atoms with van der Waals surface area (Å²) in [7, 11) is 5.61. The molecule has 24 heavy (non-hydrogen) atoms. The van der Waals surface area contributed by atoms with Gasteiger partial charge in [0, 0.05) is 25.9 Å². The Kier molecular flexibility index (Phi) is 4.88. The van der Waals surface area contributed by atoms with Crippen LogP contribution in [0.1, 0.15) is 29.6 Å². The predicted molar refractivity (Wildman–Crippen MR) is 96.8 cm³/mol. The lowest BCUT2D eigenvalue weighted by molar-refractivity contribution is 0.0827. The van der Waals surface area contributed by atoms with Gasteiger partial charge in [-0.25, -0.2) is 0 Å². The molecule has 0 radical (unpaired) electrons. The Morgan fingerprint density at radius 2 is 2.04 bits per heavy atom. The lowest BCUT2D eigenvalue weighted by Gasteiger charge is -2.30. The van der Waals surface area contributed by atoms with E-state index in [0.717, 1.165) is 6.42 Å². The number of piperidine rings is 1. The Morgan fingerprint density at radius 3 is 2.67 bits per heavy atom. The number of amides is 1. The maximum atomic E-state index is 12.0. The van der Waals surface area contributed by atoms with E-state index < -0.39 is 0 Å². The van der Waals surface area contributed by atoms with E-state index in [1.54, 1.807) is 31.8 Å². The second-order valence-corrected chi connectivity index (χ2v) is 7.48. The van der Waals surface area contributed by atoms with Crippen molar-refractivity contribution in [1.82, 2.24) is 9.80 Å². The topological polar surface area (TPSA) is 32.8 Å². The van der Waals surface area contributed by atoms with Gasteiger partial charge >= 0.3 is 0 Å². The Balaban J connectivity index is 1.49. The molecular formula is C19H25ClN2O2. The van der Waals surface area contributed by atoms with Crippen LogP contribution in [0.2, 0.25) is 5.02 Å². The molecule has 0 bridgehead atoms. The van der Waals surface area contributed by atoms with Crippen LogP contribution in [0.15, 0.2) is 29.8 Å². The normalized spacial score (nSPS) is 19.1. The maximum Gasteiger partial charge on any atom is 0.254 e. The van der Waals surface area contributed by atoms with Gasteiger partial charge < -0.3 is 14.5 Å². The van der Waals surface area contributed by atoms with Crippen molar-refractivity contribution in [1.29, 1.82) is 0 Å². The number of rotatable bonds is 5. The van der Waals surface area contributed by atoms with Crippen LogP contribution >= 0.6 is 11.6 Å². The predicted octanol–water partition coefficient (Wildman–Crippen LogP) is 3.46. The molecule has 1 fully saturated rings. The largest absolute Gasteiger partial charge is 0.493 e. The minimum atomic E-state index is -0.0982. The molecule has 1 aromatic carbocycles. The molecule has 1 heterocycles. The van der Waals surface area contributed by atoms with Gasteiger partial charge in [0.05, 0.1) is 17.2 Å². The summed E-state index contributed by atoms with van der Waals surface area (Å²) in [6.07, 6.45) is 5.88. The van der Waals surface area contributed by atoms with Crippen LogP contribution in [-0.4, -0.2) is 56.5 Å². The van der Waals surface area contributed by atoms with Gasteiger partial charge in [0.15, 0.2) is 0 Å². The third kappa shape index (κ3) is 3.60. The number of carbonyl (C=O) groups is 1. The fraction of sp³-hybridized carbons (Fsp3) is 0.526. The summed E-state index contributed by atoms with van der Waals surface area (Å²) >= 11 is 6.21. The summed E-state index contributed by atoms with van der Waals surface area (Å²) in [4.78, 5) is 15.9. The van der Waals surface area contributed by atoms with Crippen LogP contribution in [0.25, 0.3) is 0 Å². The van der Waals surface area contributed by atoms with Crippen molar-refractivity contribution in [2.75, 3.05) is 40.8 Å². The zero-order valence-corrected chi connectivity index (χ0v) is 15.4. The summed E-state index contributed by atoms with van der Waals surface area (Å²) in [5.41, 5.74) is 2.44. The average Bonchev–Trinajstić information content (AvgIpc) is 3.22. The second kappa shape index (κ2) is 6.77. The number of hydrogen-bond acceptors (Lipinski definition) is 3. The minimum absolute atomic E-state index is 0.0982. The second-order valence-electron chi connectivity index (χ2n) is 7.07. The van der Waals surface area contributed by atoms with Crippen LogP contribution in [0.5, 0.6) is 5.75 Å². The van der Waals surface area contributed by atoms with E-state index in [2.05, 4.69) is 18.0 Å². The minimum Gasteiger partial charge on any atom is -0.493 e. The first kappa shape index (κ1) is 17.3. The van der Waals surface area contributed by atoms with Crippen molar-refractivity contribution in [2.24, 2.45) is 5.41 Å². The molecule has 1 saturated heterocycles. The van der Waals surface area contributed by atoms with Gasteiger partial charge in [0.1, 0.15) is 5.75 Å². The van der Waals surface area contributed by atoms with E-state index in [0.29, 0.717) is 28.4 Å². The molecule has 5 heteroatoms. The molecule has 2 aliphatic rings. The molecule has 3 rings (SSSR count). The molecule has 0 aromatic heterocycles. The zero-order valence-electron chi connectivity index (χ0n) is 14.6. The number of nitrogens with zero attached hydrogens (tertiary/aromatic N) is 2. The maximum absolute atomic E-state index is 12.0. The number of halogens is 1. The Morgan fingerprint density at radius 1 is 1.33 bits per heavy atom. The summed E-state index contributed by atoms with van der Waals surface area (Å²) in [6.45, 7) is 3.01. The average molecular weight is 349 g/mol. The standard InChI is InChI=1S/C19H25ClN2O2/c1-21(2)18(23)16-5-4-15(12-17(16)20)24-11-6-14-13-19(14)7-9-22(3)10-8-19/h4-5,12-13H,6-11H2,1-3H3. The molecule has 4 nitrogen and oxygen atoms in total. The fourth-order valence-electron chi connectivity index (χ4n) is 3.38. The molecule has 0 saturated carbocycles. The van der Waals surface area contributed by atoms with Crippen LogP contribution in [-0.2, 0) is 0 Å². The van der Waals surface area contributed by atoms with Gasteiger partial charge in [-0.2, -0.15) is 0 Å². The van der Waals surface area contributed by atoms with E-state index in [-0.39, 0.29) is 5.91 Å². The van der Waals surface area contributed by atoms with Crippen molar-refractivity contribution < 1.29 is 9.53 Å². The molecule has 1 spiro atoms. The summed E-state index contributed by atoms with van der Waals surface area (Å²) in [5.74, 6) is 0.618. The Bertz CT molecular complexity index is 661. The highest BCUT2D eigenvalue weighted by molar-refractivity contribution is 6.34. The number of benzene rings is 1. The first-order valence-corrected chi connectivity index (χ1v) is 8.84. The van der Waals surface area contributed by atoms with E-state index in [9.17, 15) is 4.79 Å². The fourth-order valence-corrected chi connectivity index (χ4v) is 3.63. The van der Waals surface area contributed by atoms with Crippen LogP contribution < -0.4 is 4.74 Å². The molecule has 130 valence electrons. The Labute approximate surface area is 149 Å². The monoisotopic (exact) mass is 348 g/mol. The number of ether oxygens (including phenoxy) is 1. The smallest absolute Gasteiger partial charge is 0.254 e. The van der Waals surface area contributed by atoms with Crippen molar-refractivity contribution in [3.63, 3.8) is 0 Å². The highest BCUT2D eigenvalue weighted by Crippen LogP contribution is 2.53. The first-order valence-electron chi connectivity index (χ1n) is 8.46. The highest BCUT2D eigenvalue weighted by atomic mass is 35.5. The SMILES string of the molecule is CN1CCC2(C=C2CCOc2ccc(C(=O)N(C)C)c(Cl)c2)CC1. The number of carbonyl (C=O) groups excluding carboxylic acids is 1. The summed E-state index contributed by atoms with van der Waals surface area (Å²) in [5, 5.41) is 0.434. The third-order valence-corrected chi connectivity index (χ3v) is 5.42. The molecule has 1 amide bonds. The molecule has 1 aliphatic carbocycles. The highest BCUT2D eigenvalue weighted by Gasteiger charge is 2.44. The Hall–Kier alpha value is -1.52. The molecule has 1 aliphatic heterocycles. The lowest BCUT2D eigenvalue weighted by atomic mass is 9.87. The molecule has 0 unspecified atom stereocenters. The van der Waals surface area contributed by atoms with Gasteiger partial charge in [-0.15, -0.1) is 0 Å². The van der Waals surface area contributed by atoms with E-state index in [4.69, 9.17) is 16.3 Å². The summed E-state index contributed by atoms with van der Waals surface area (Å²) in [6, 6.07) is 5.27. The quantitative estimate of drug-likeness (QED) is 0.764. The number of allylic oxidation sites excluding steroid dienone is 1. The lowest BCUT2D eigenvalue weighted by Crippen LogP contribution is -2.32. The van der Waals surface area contributed by atoms with Crippen LogP contribution in [0.4, 0.5) is 0 Å². The van der Waals surface area contributed by atoms with Crippen LogP contribution in [0.3, 0.4) is 0 Å². The van der Waals surface area contributed by atoms with Gasteiger partial charge in [-0.1, -0.05) is 23.3 Å². The van der Waals surface area contributed by atoms with Gasteiger partial charge in [0.25, 0.3) is 5.91 Å². The molecule has 1 aromatic rings. The first-order chi connectivity index (χ1) is 11.4. The van der Waals surface area contributed by atoms with Crippen LogP contribution in [0, 0.1) is 5.41 Å². The van der Waals surface area contributed by atoms with Crippen molar-refractivity contribution >= 4 is 17.5 Å². The van der Waals surface area contributed by atoms with Crippen molar-refractivity contribution in [3.8, 4) is 5.75 Å². The van der Waals surface area contributed by atoms with Gasteiger partial charge in [-0.3, -0.25) is 4.79 Å². The third-order valence-electron chi connectivity index (χ3n) is 5.10.